The normalized spacial score (nSPS) is 10.8. The van der Waals surface area contributed by atoms with E-state index in [9.17, 15) is 14.0 Å². The topological polar surface area (TPSA) is 69.6 Å². The molecule has 0 aliphatic carbocycles. The Morgan fingerprint density at radius 3 is 2.60 bits per heavy atom. The molecular formula is C14H19FN2O3. The van der Waals surface area contributed by atoms with E-state index < -0.39 is 11.8 Å². The van der Waals surface area contributed by atoms with Gasteiger partial charge in [0, 0.05) is 12.2 Å². The van der Waals surface area contributed by atoms with Crippen LogP contribution in [0.15, 0.2) is 24.3 Å². The smallest absolute Gasteiger partial charge is 0.317 e. The summed E-state index contributed by atoms with van der Waals surface area (Å²) in [6.07, 6.45) is 0. The van der Waals surface area contributed by atoms with E-state index in [1.54, 1.807) is 11.0 Å². The van der Waals surface area contributed by atoms with Crippen molar-refractivity contribution in [2.45, 2.75) is 13.8 Å². The minimum Gasteiger partial charge on any atom is -0.480 e. The van der Waals surface area contributed by atoms with E-state index in [1.165, 1.54) is 18.2 Å². The molecule has 1 amide bonds. The van der Waals surface area contributed by atoms with Gasteiger partial charge in [0.2, 0.25) is 5.91 Å². The number of carboxylic acids is 1. The van der Waals surface area contributed by atoms with Crippen molar-refractivity contribution in [3.63, 3.8) is 0 Å². The van der Waals surface area contributed by atoms with Gasteiger partial charge in [-0.2, -0.15) is 0 Å². The first-order valence-corrected chi connectivity index (χ1v) is 6.36. The number of benzene rings is 1. The highest BCUT2D eigenvalue weighted by Crippen LogP contribution is 2.09. The van der Waals surface area contributed by atoms with E-state index in [0.717, 1.165) is 0 Å². The summed E-state index contributed by atoms with van der Waals surface area (Å²) in [5.74, 6) is -1.54. The average Bonchev–Trinajstić information content (AvgIpc) is 2.26. The number of carboxylic acid groups (broad SMARTS) is 1. The van der Waals surface area contributed by atoms with Crippen molar-refractivity contribution < 1.29 is 19.1 Å². The summed E-state index contributed by atoms with van der Waals surface area (Å²) in [6, 6.07) is 5.56. The number of nitrogens with zero attached hydrogens (tertiary/aromatic N) is 1. The van der Waals surface area contributed by atoms with Crippen molar-refractivity contribution in [3.05, 3.63) is 30.1 Å². The molecule has 0 heterocycles. The quantitative estimate of drug-likeness (QED) is 0.800. The van der Waals surface area contributed by atoms with E-state index in [1.807, 2.05) is 13.8 Å². The summed E-state index contributed by atoms with van der Waals surface area (Å²) < 4.78 is 13.0. The summed E-state index contributed by atoms with van der Waals surface area (Å²) >= 11 is 0. The number of aliphatic carboxylic acids is 1. The van der Waals surface area contributed by atoms with Gasteiger partial charge in [-0.3, -0.25) is 14.5 Å². The number of amides is 1. The van der Waals surface area contributed by atoms with Gasteiger partial charge in [0.15, 0.2) is 0 Å². The van der Waals surface area contributed by atoms with Gasteiger partial charge < -0.3 is 10.4 Å². The Hall–Kier alpha value is -1.95. The predicted octanol–water partition coefficient (Wildman–Crippen LogP) is 1.81. The summed E-state index contributed by atoms with van der Waals surface area (Å²) in [5, 5.41) is 11.4. The lowest BCUT2D eigenvalue weighted by atomic mass is 10.2. The Balaban J connectivity index is 2.58. The molecule has 0 radical (unpaired) electrons. The lowest BCUT2D eigenvalue weighted by molar-refractivity contribution is -0.138. The molecule has 0 fully saturated rings. The molecule has 0 atom stereocenters. The minimum absolute atomic E-state index is 0.0407. The van der Waals surface area contributed by atoms with E-state index in [-0.39, 0.29) is 24.9 Å². The molecule has 1 aromatic carbocycles. The van der Waals surface area contributed by atoms with E-state index in [0.29, 0.717) is 12.2 Å². The minimum atomic E-state index is -0.982. The Morgan fingerprint density at radius 1 is 1.35 bits per heavy atom. The number of hydrogen-bond acceptors (Lipinski definition) is 3. The zero-order valence-corrected chi connectivity index (χ0v) is 11.6. The number of carbonyl (C=O) groups excluding carboxylic acids is 1. The molecule has 0 aromatic heterocycles. The van der Waals surface area contributed by atoms with Gasteiger partial charge >= 0.3 is 5.97 Å². The summed E-state index contributed by atoms with van der Waals surface area (Å²) in [7, 11) is 0. The van der Waals surface area contributed by atoms with Crippen molar-refractivity contribution in [1.82, 2.24) is 4.90 Å². The van der Waals surface area contributed by atoms with Crippen molar-refractivity contribution in [3.8, 4) is 0 Å². The van der Waals surface area contributed by atoms with Crippen LogP contribution < -0.4 is 5.32 Å². The standard InChI is InChI=1S/C14H19FN2O3/c1-10(2)7-17(9-14(19)20)8-13(18)16-12-5-3-4-11(15)6-12/h3-6,10H,7-9H2,1-2H3,(H,16,18)(H,19,20). The lowest BCUT2D eigenvalue weighted by Gasteiger charge is -2.21. The van der Waals surface area contributed by atoms with Crippen LogP contribution >= 0.6 is 0 Å². The number of anilines is 1. The molecule has 110 valence electrons. The van der Waals surface area contributed by atoms with Crippen LogP contribution in [0.25, 0.3) is 0 Å². The number of carbonyl (C=O) groups is 2. The molecule has 0 aliphatic rings. The van der Waals surface area contributed by atoms with E-state index >= 15 is 0 Å². The third kappa shape index (κ3) is 6.29. The molecule has 0 saturated heterocycles. The van der Waals surface area contributed by atoms with Crippen LogP contribution in [0.3, 0.4) is 0 Å². The Labute approximate surface area is 117 Å². The van der Waals surface area contributed by atoms with Crippen molar-refractivity contribution in [1.29, 1.82) is 0 Å². The van der Waals surface area contributed by atoms with Gasteiger partial charge in [0.25, 0.3) is 0 Å². The van der Waals surface area contributed by atoms with E-state index in [2.05, 4.69) is 5.32 Å². The summed E-state index contributed by atoms with van der Waals surface area (Å²) in [5.41, 5.74) is 0.356. The first kappa shape index (κ1) is 16.1. The predicted molar refractivity (Wildman–Crippen MR) is 73.9 cm³/mol. The molecule has 1 aromatic rings. The van der Waals surface area contributed by atoms with Gasteiger partial charge in [-0.1, -0.05) is 19.9 Å². The molecule has 0 bridgehead atoms. The Bertz CT molecular complexity index is 477. The lowest BCUT2D eigenvalue weighted by Crippen LogP contribution is -2.39. The van der Waals surface area contributed by atoms with Crippen LogP contribution in [0.4, 0.5) is 10.1 Å². The highest BCUT2D eigenvalue weighted by molar-refractivity contribution is 5.92. The van der Waals surface area contributed by atoms with E-state index in [4.69, 9.17) is 5.11 Å². The maximum atomic E-state index is 13.0. The molecule has 0 saturated carbocycles. The molecular weight excluding hydrogens is 263 g/mol. The second-order valence-electron chi connectivity index (χ2n) is 5.02. The van der Waals surface area contributed by atoms with Crippen molar-refractivity contribution in [2.75, 3.05) is 25.0 Å². The molecule has 20 heavy (non-hydrogen) atoms. The number of halogens is 1. The number of nitrogens with one attached hydrogen (secondary N) is 1. The van der Waals surface area contributed by atoms with Crippen molar-refractivity contribution >= 4 is 17.6 Å². The second kappa shape index (κ2) is 7.59. The van der Waals surface area contributed by atoms with Crippen LogP contribution in [0.5, 0.6) is 0 Å². The van der Waals surface area contributed by atoms with Crippen LogP contribution in [-0.2, 0) is 9.59 Å². The van der Waals surface area contributed by atoms with Gasteiger partial charge in [-0.25, -0.2) is 4.39 Å². The molecule has 0 unspecified atom stereocenters. The fourth-order valence-electron chi connectivity index (χ4n) is 1.86. The van der Waals surface area contributed by atoms with Gasteiger partial charge in [0.1, 0.15) is 5.82 Å². The summed E-state index contributed by atoms with van der Waals surface area (Å²) in [4.78, 5) is 24.1. The molecule has 1 rings (SSSR count). The zero-order chi connectivity index (χ0) is 15.1. The maximum absolute atomic E-state index is 13.0. The SMILES string of the molecule is CC(C)CN(CC(=O)O)CC(=O)Nc1cccc(F)c1. The fraction of sp³-hybridized carbons (Fsp3) is 0.429. The number of rotatable bonds is 7. The molecule has 0 aliphatic heterocycles. The molecule has 0 spiro atoms. The monoisotopic (exact) mass is 282 g/mol. The maximum Gasteiger partial charge on any atom is 0.317 e. The molecule has 6 heteroatoms. The molecule has 5 nitrogen and oxygen atoms in total. The average molecular weight is 282 g/mol. The molecule has 2 N–H and O–H groups in total. The first-order valence-electron chi connectivity index (χ1n) is 6.36. The van der Waals surface area contributed by atoms with Gasteiger partial charge in [0.05, 0.1) is 13.1 Å². The van der Waals surface area contributed by atoms with Crippen LogP contribution in [0, 0.1) is 11.7 Å². The fourth-order valence-corrected chi connectivity index (χ4v) is 1.86. The van der Waals surface area contributed by atoms with Crippen LogP contribution in [-0.4, -0.2) is 41.5 Å². The third-order valence-electron chi connectivity index (χ3n) is 2.46. The zero-order valence-electron chi connectivity index (χ0n) is 11.6. The van der Waals surface area contributed by atoms with Gasteiger partial charge in [-0.05, 0) is 24.1 Å². The second-order valence-corrected chi connectivity index (χ2v) is 5.02. The Kier molecular flexibility index (Phi) is 6.11. The van der Waals surface area contributed by atoms with Crippen LogP contribution in [0.2, 0.25) is 0 Å². The Morgan fingerprint density at radius 2 is 2.05 bits per heavy atom. The largest absolute Gasteiger partial charge is 0.480 e. The third-order valence-corrected chi connectivity index (χ3v) is 2.46. The van der Waals surface area contributed by atoms with Crippen molar-refractivity contribution in [2.24, 2.45) is 5.92 Å². The van der Waals surface area contributed by atoms with Gasteiger partial charge in [-0.15, -0.1) is 0 Å². The number of hydrogen-bond donors (Lipinski definition) is 2. The highest BCUT2D eigenvalue weighted by Gasteiger charge is 2.15. The highest BCUT2D eigenvalue weighted by atomic mass is 19.1. The van der Waals surface area contributed by atoms with Crippen LogP contribution in [0.1, 0.15) is 13.8 Å². The first-order chi connectivity index (χ1) is 9.36. The summed E-state index contributed by atoms with van der Waals surface area (Å²) in [6.45, 7) is 4.15.